The molecule has 0 saturated carbocycles. The van der Waals surface area contributed by atoms with E-state index in [1.165, 1.54) is 0 Å². The summed E-state index contributed by atoms with van der Waals surface area (Å²) in [5, 5.41) is 0. The van der Waals surface area contributed by atoms with Crippen molar-refractivity contribution in [1.82, 2.24) is 9.55 Å². The first-order valence-corrected chi connectivity index (χ1v) is 12.7. The zero-order valence-corrected chi connectivity index (χ0v) is 21.3. The number of carbonyl (C=O) groups excluding carboxylic acids is 1. The van der Waals surface area contributed by atoms with Crippen LogP contribution in [0.25, 0.3) is 11.3 Å². The number of nitrogens with zero attached hydrogens (tertiary/aromatic N) is 2. The third-order valence-electron chi connectivity index (χ3n) is 6.45. The first kappa shape index (κ1) is 24.6. The van der Waals surface area contributed by atoms with E-state index < -0.39 is 5.97 Å². The van der Waals surface area contributed by atoms with Gasteiger partial charge in [-0.15, -0.1) is 0 Å². The smallest absolute Gasteiger partial charge is 0.374 e. The molecule has 2 aromatic carbocycles. The van der Waals surface area contributed by atoms with Gasteiger partial charge in [0, 0.05) is 18.2 Å². The third kappa shape index (κ3) is 5.18. The van der Waals surface area contributed by atoms with Gasteiger partial charge in [0.25, 0.3) is 0 Å². The molecule has 2 aliphatic rings. The van der Waals surface area contributed by atoms with Crippen LogP contribution in [-0.2, 0) is 24.3 Å². The van der Waals surface area contributed by atoms with Crippen LogP contribution in [0.3, 0.4) is 0 Å². The molecule has 6 rings (SSSR count). The molecule has 39 heavy (non-hydrogen) atoms. The number of aryl methyl sites for hydroxylation is 1. The monoisotopic (exact) mass is 530 g/mol. The summed E-state index contributed by atoms with van der Waals surface area (Å²) in [4.78, 5) is 28.7. The molecule has 0 saturated heterocycles. The van der Waals surface area contributed by atoms with Crippen molar-refractivity contribution in [3.63, 3.8) is 0 Å². The Labute approximate surface area is 223 Å². The summed E-state index contributed by atoms with van der Waals surface area (Å²) in [7, 11) is 0. The van der Waals surface area contributed by atoms with Crippen LogP contribution in [-0.4, -0.2) is 41.4 Å². The number of ether oxygens (including phenoxy) is 5. The van der Waals surface area contributed by atoms with Gasteiger partial charge in [0.05, 0.1) is 12.3 Å². The van der Waals surface area contributed by atoms with Crippen LogP contribution in [0.1, 0.15) is 28.8 Å². The Bertz CT molecular complexity index is 1570. The molecule has 0 N–H and O–H groups in total. The minimum absolute atomic E-state index is 0.141. The SMILES string of the molecule is CCOC(=O)c1ccc(COc2ccc3c(c2)CCn2c-3cc(OCC3COc4ccccc4O3)nc2=O)o1. The highest BCUT2D eigenvalue weighted by molar-refractivity contribution is 5.86. The molecule has 0 radical (unpaired) electrons. The Balaban J connectivity index is 1.14. The quantitative estimate of drug-likeness (QED) is 0.312. The summed E-state index contributed by atoms with van der Waals surface area (Å²) < 4.78 is 35.6. The van der Waals surface area contributed by atoms with Crippen LogP contribution >= 0.6 is 0 Å². The van der Waals surface area contributed by atoms with Crippen molar-refractivity contribution in [3.05, 3.63) is 88.2 Å². The van der Waals surface area contributed by atoms with Gasteiger partial charge in [-0.2, -0.15) is 4.98 Å². The molecule has 1 unspecified atom stereocenters. The van der Waals surface area contributed by atoms with Crippen LogP contribution < -0.4 is 24.6 Å². The predicted molar refractivity (Wildman–Crippen MR) is 138 cm³/mol. The molecule has 200 valence electrons. The number of benzene rings is 2. The lowest BCUT2D eigenvalue weighted by Gasteiger charge is -2.26. The average Bonchev–Trinajstić information content (AvgIpc) is 3.44. The third-order valence-corrected chi connectivity index (χ3v) is 6.45. The molecule has 4 aromatic rings. The number of furan rings is 1. The Morgan fingerprint density at radius 1 is 1.08 bits per heavy atom. The fourth-order valence-corrected chi connectivity index (χ4v) is 4.59. The summed E-state index contributed by atoms with van der Waals surface area (Å²) in [5.41, 5.74) is 2.31. The standard InChI is InChI=1S/C29H26N2O8/c1-2-34-28(32)26-10-8-20(38-26)15-35-19-7-9-22-18(13-19)11-12-31-23(22)14-27(30-29(31)33)37-17-21-16-36-24-5-3-4-6-25(24)39-21/h3-10,13-14,21H,2,11-12,15-17H2,1H3. The molecule has 10 heteroatoms. The van der Waals surface area contributed by atoms with Gasteiger partial charge >= 0.3 is 11.7 Å². The van der Waals surface area contributed by atoms with Crippen LogP contribution in [0.2, 0.25) is 0 Å². The molecule has 4 heterocycles. The lowest BCUT2D eigenvalue weighted by molar-refractivity contribution is 0.0486. The van der Waals surface area contributed by atoms with E-state index >= 15 is 0 Å². The lowest BCUT2D eigenvalue weighted by Crippen LogP contribution is -2.35. The van der Waals surface area contributed by atoms with E-state index in [-0.39, 0.29) is 43.3 Å². The van der Waals surface area contributed by atoms with Crippen molar-refractivity contribution < 1.29 is 32.9 Å². The highest BCUT2D eigenvalue weighted by atomic mass is 16.6. The van der Waals surface area contributed by atoms with Crippen molar-refractivity contribution in [2.45, 2.75) is 32.6 Å². The summed E-state index contributed by atoms with van der Waals surface area (Å²) >= 11 is 0. The van der Waals surface area contributed by atoms with Crippen LogP contribution in [0.15, 0.2) is 69.9 Å². The Morgan fingerprint density at radius 2 is 1.95 bits per heavy atom. The zero-order valence-electron chi connectivity index (χ0n) is 21.3. The number of aromatic nitrogens is 2. The van der Waals surface area contributed by atoms with E-state index in [2.05, 4.69) is 4.98 Å². The summed E-state index contributed by atoms with van der Waals surface area (Å²) in [6, 6.07) is 18.2. The number of esters is 1. The van der Waals surface area contributed by atoms with Crippen molar-refractivity contribution in [1.29, 1.82) is 0 Å². The normalized spacial score (nSPS) is 15.2. The molecule has 0 spiro atoms. The minimum Gasteiger partial charge on any atom is -0.486 e. The van der Waals surface area contributed by atoms with Gasteiger partial charge in [-0.3, -0.25) is 4.57 Å². The van der Waals surface area contributed by atoms with Crippen molar-refractivity contribution in [2.24, 2.45) is 0 Å². The lowest BCUT2D eigenvalue weighted by atomic mass is 9.97. The number of para-hydroxylation sites is 2. The van der Waals surface area contributed by atoms with E-state index in [0.717, 1.165) is 16.8 Å². The van der Waals surface area contributed by atoms with E-state index in [1.54, 1.807) is 29.7 Å². The molecule has 1 atom stereocenters. The molecule has 0 fully saturated rings. The molecule has 2 aromatic heterocycles. The van der Waals surface area contributed by atoms with Gasteiger partial charge in [0.15, 0.2) is 17.6 Å². The van der Waals surface area contributed by atoms with Crippen LogP contribution in [0.4, 0.5) is 0 Å². The highest BCUT2D eigenvalue weighted by Crippen LogP contribution is 2.33. The van der Waals surface area contributed by atoms with Crippen LogP contribution in [0, 0.1) is 0 Å². The van der Waals surface area contributed by atoms with Gasteiger partial charge in [-0.25, -0.2) is 9.59 Å². The van der Waals surface area contributed by atoms with Crippen molar-refractivity contribution in [2.75, 3.05) is 19.8 Å². The summed E-state index contributed by atoms with van der Waals surface area (Å²) in [6.45, 7) is 3.20. The summed E-state index contributed by atoms with van der Waals surface area (Å²) in [6.07, 6.45) is 0.330. The maximum Gasteiger partial charge on any atom is 0.374 e. The number of fused-ring (bicyclic) bond motifs is 4. The van der Waals surface area contributed by atoms with E-state index in [0.29, 0.717) is 42.6 Å². The van der Waals surface area contributed by atoms with Crippen molar-refractivity contribution in [3.8, 4) is 34.4 Å². The molecular weight excluding hydrogens is 504 g/mol. The number of carbonyl (C=O) groups is 1. The van der Waals surface area contributed by atoms with Crippen LogP contribution in [0.5, 0.6) is 23.1 Å². The second-order valence-electron chi connectivity index (χ2n) is 9.07. The van der Waals surface area contributed by atoms with Gasteiger partial charge < -0.3 is 28.1 Å². The predicted octanol–water partition coefficient (Wildman–Crippen LogP) is 4.03. The van der Waals surface area contributed by atoms with E-state index in [9.17, 15) is 9.59 Å². The zero-order chi connectivity index (χ0) is 26.8. The summed E-state index contributed by atoms with van der Waals surface area (Å²) in [5.74, 6) is 2.39. The Kier molecular flexibility index (Phi) is 6.66. The molecule has 0 aliphatic carbocycles. The van der Waals surface area contributed by atoms with E-state index in [1.807, 2.05) is 42.5 Å². The fraction of sp³-hybridized carbons (Fsp3) is 0.276. The topological polar surface area (TPSA) is 111 Å². The fourth-order valence-electron chi connectivity index (χ4n) is 4.59. The number of rotatable bonds is 8. The highest BCUT2D eigenvalue weighted by Gasteiger charge is 2.23. The first-order valence-electron chi connectivity index (χ1n) is 12.7. The van der Waals surface area contributed by atoms with Gasteiger partial charge in [-0.1, -0.05) is 12.1 Å². The Hall–Kier alpha value is -4.73. The van der Waals surface area contributed by atoms with E-state index in [4.69, 9.17) is 28.1 Å². The molecular formula is C29H26N2O8. The second kappa shape index (κ2) is 10.6. The average molecular weight is 531 g/mol. The molecule has 0 amide bonds. The molecule has 0 bridgehead atoms. The molecule has 10 nitrogen and oxygen atoms in total. The maximum atomic E-state index is 12.8. The number of hydrogen-bond donors (Lipinski definition) is 0. The minimum atomic E-state index is -0.505. The second-order valence-corrected chi connectivity index (χ2v) is 9.07. The maximum absolute atomic E-state index is 12.8. The first-order chi connectivity index (χ1) is 19.1. The van der Waals surface area contributed by atoms with Gasteiger partial charge in [0.1, 0.15) is 31.3 Å². The molecule has 2 aliphatic heterocycles. The van der Waals surface area contributed by atoms with Gasteiger partial charge in [-0.05, 0) is 61.4 Å². The number of hydrogen-bond acceptors (Lipinski definition) is 9. The largest absolute Gasteiger partial charge is 0.486 e. The van der Waals surface area contributed by atoms with Crippen molar-refractivity contribution >= 4 is 5.97 Å². The Morgan fingerprint density at radius 3 is 2.82 bits per heavy atom. The van der Waals surface area contributed by atoms with Gasteiger partial charge in [0.2, 0.25) is 11.6 Å².